The summed E-state index contributed by atoms with van der Waals surface area (Å²) < 4.78 is 9.96. The van der Waals surface area contributed by atoms with Gasteiger partial charge in [-0.1, -0.05) is 27.7 Å². The average Bonchev–Trinajstić information content (AvgIpc) is 3.79. The van der Waals surface area contributed by atoms with Crippen molar-refractivity contribution in [2.45, 2.75) is 99.3 Å². The largest absolute Gasteiger partial charge is 0.469 e. The van der Waals surface area contributed by atoms with Gasteiger partial charge in [-0.2, -0.15) is 0 Å². The second-order valence-electron chi connectivity index (χ2n) is 11.6. The van der Waals surface area contributed by atoms with Crippen molar-refractivity contribution in [2.24, 2.45) is 9.98 Å². The number of aliphatic imine (C=N–C) groups is 2. The molecule has 4 rings (SSSR count). The third kappa shape index (κ3) is 7.38. The molecule has 0 saturated heterocycles. The zero-order chi connectivity index (χ0) is 32.7. The summed E-state index contributed by atoms with van der Waals surface area (Å²) in [6.45, 7) is 12.8. The Morgan fingerprint density at radius 2 is 1.09 bits per heavy atom. The van der Waals surface area contributed by atoms with Gasteiger partial charge in [-0.05, 0) is 109 Å². The molecular formula is C37H48N4O4. The van der Waals surface area contributed by atoms with E-state index in [0.29, 0.717) is 19.3 Å². The van der Waals surface area contributed by atoms with E-state index in [1.54, 1.807) is 0 Å². The smallest absolute Gasteiger partial charge is 0.305 e. The number of H-pyrrole nitrogens is 2. The molecule has 0 radical (unpaired) electrons. The van der Waals surface area contributed by atoms with Gasteiger partial charge in [-0.3, -0.25) is 19.6 Å². The highest BCUT2D eigenvalue weighted by Gasteiger charge is 2.22. The van der Waals surface area contributed by atoms with Crippen molar-refractivity contribution in [3.05, 3.63) is 78.7 Å². The Bertz CT molecular complexity index is 1520. The predicted molar refractivity (Wildman–Crippen MR) is 183 cm³/mol. The van der Waals surface area contributed by atoms with Crippen molar-refractivity contribution in [3.8, 4) is 0 Å². The maximum atomic E-state index is 12.2. The summed E-state index contributed by atoms with van der Waals surface area (Å²) in [5.74, 6) is -0.477. The molecule has 0 saturated carbocycles. The lowest BCUT2D eigenvalue weighted by Gasteiger charge is -2.08. The monoisotopic (exact) mass is 612 g/mol. The van der Waals surface area contributed by atoms with Gasteiger partial charge in [0.2, 0.25) is 0 Å². The fourth-order valence-corrected chi connectivity index (χ4v) is 6.43. The lowest BCUT2D eigenvalue weighted by Crippen LogP contribution is -2.06. The fourth-order valence-electron chi connectivity index (χ4n) is 6.43. The molecule has 8 heteroatoms. The van der Waals surface area contributed by atoms with Crippen molar-refractivity contribution in [1.82, 2.24) is 9.97 Å². The Morgan fingerprint density at radius 3 is 1.42 bits per heavy atom. The van der Waals surface area contributed by atoms with Gasteiger partial charge in [0.15, 0.2) is 0 Å². The topological polar surface area (TPSA) is 109 Å². The zero-order valence-corrected chi connectivity index (χ0v) is 28.2. The van der Waals surface area contributed by atoms with Crippen molar-refractivity contribution >= 4 is 36.5 Å². The number of hydrogen-bond donors (Lipinski definition) is 2. The van der Waals surface area contributed by atoms with E-state index in [1.807, 2.05) is 12.4 Å². The van der Waals surface area contributed by atoms with Crippen LogP contribution in [0.4, 0.5) is 0 Å². The summed E-state index contributed by atoms with van der Waals surface area (Å²) in [4.78, 5) is 41.3. The molecule has 2 aliphatic rings. The fraction of sp³-hybridized carbons (Fsp3) is 0.459. The molecule has 45 heavy (non-hydrogen) atoms. The molecular weight excluding hydrogens is 564 g/mol. The maximum Gasteiger partial charge on any atom is 0.305 e. The number of rotatable bonds is 14. The standard InChI is InChI=1S/C37H48N4O4/c1-9-24-20-38-32(26(24)11-3)17-30-22(5)28(13-15-36(42)44-7)34(40-30)19-35-29(14-16-37(43)45-8)23(6)31(41-35)18-33-27(12-4)25(10-2)21-39-33/h17-18,20-21,40-41H,9-16,19H2,1-8H3/b32-17-,33-18-. The van der Waals surface area contributed by atoms with Gasteiger partial charge in [0.25, 0.3) is 0 Å². The molecule has 2 aromatic rings. The van der Waals surface area contributed by atoms with Crippen LogP contribution in [0.3, 0.4) is 0 Å². The molecule has 0 atom stereocenters. The van der Waals surface area contributed by atoms with E-state index in [0.717, 1.165) is 82.1 Å². The number of nitrogens with zero attached hydrogens (tertiary/aromatic N) is 2. The number of methoxy groups -OCH3 is 2. The van der Waals surface area contributed by atoms with Crippen molar-refractivity contribution in [3.63, 3.8) is 0 Å². The summed E-state index contributed by atoms with van der Waals surface area (Å²) in [7, 11) is 2.85. The minimum absolute atomic E-state index is 0.239. The first-order valence-corrected chi connectivity index (χ1v) is 16.2. The van der Waals surface area contributed by atoms with Crippen LogP contribution in [0.15, 0.2) is 43.7 Å². The quantitative estimate of drug-likeness (QED) is 0.212. The second-order valence-corrected chi connectivity index (χ2v) is 11.6. The van der Waals surface area contributed by atoms with E-state index in [-0.39, 0.29) is 24.8 Å². The number of carbonyl (C=O) groups excluding carboxylic acids is 2. The van der Waals surface area contributed by atoms with Gasteiger partial charge in [0, 0.05) is 54.5 Å². The summed E-state index contributed by atoms with van der Waals surface area (Å²) in [5, 5.41) is 0. The van der Waals surface area contributed by atoms with Crippen LogP contribution in [0.25, 0.3) is 12.2 Å². The molecule has 2 aromatic heterocycles. The molecule has 0 bridgehead atoms. The first kappa shape index (κ1) is 33.7. The molecule has 8 nitrogen and oxygen atoms in total. The molecule has 0 aromatic carbocycles. The van der Waals surface area contributed by atoms with Gasteiger partial charge >= 0.3 is 11.9 Å². The normalized spacial score (nSPS) is 16.3. The predicted octanol–water partition coefficient (Wildman–Crippen LogP) is 7.85. The lowest BCUT2D eigenvalue weighted by molar-refractivity contribution is -0.141. The third-order valence-electron chi connectivity index (χ3n) is 9.12. The number of aromatic nitrogens is 2. The molecule has 240 valence electrons. The molecule has 0 spiro atoms. The van der Waals surface area contributed by atoms with Crippen LogP contribution in [-0.2, 0) is 38.3 Å². The van der Waals surface area contributed by atoms with Gasteiger partial charge in [-0.25, -0.2) is 0 Å². The van der Waals surface area contributed by atoms with Crippen LogP contribution < -0.4 is 0 Å². The Kier molecular flexibility index (Phi) is 11.4. The minimum Gasteiger partial charge on any atom is -0.469 e. The van der Waals surface area contributed by atoms with Gasteiger partial charge < -0.3 is 19.4 Å². The van der Waals surface area contributed by atoms with Crippen LogP contribution >= 0.6 is 0 Å². The zero-order valence-electron chi connectivity index (χ0n) is 28.2. The SMILES string of the molecule is CCC1=C(CC)/C(=C/c2[nH]c(Cc3[nH]c(/C=C4\N=CC(CC)=C4CC)c(C)c3CCC(=O)OC)c(CCC(=O)OC)c2C)N=C1. The number of nitrogens with one attached hydrogen (secondary N) is 2. The van der Waals surface area contributed by atoms with E-state index in [2.05, 4.69) is 63.7 Å². The maximum absolute atomic E-state index is 12.2. The Labute approximate surface area is 267 Å². The van der Waals surface area contributed by atoms with E-state index in [9.17, 15) is 9.59 Å². The molecule has 0 fully saturated rings. The summed E-state index contributed by atoms with van der Waals surface area (Å²) in [6, 6.07) is 0. The van der Waals surface area contributed by atoms with Crippen molar-refractivity contribution < 1.29 is 19.1 Å². The van der Waals surface area contributed by atoms with Crippen LogP contribution in [-0.4, -0.2) is 48.6 Å². The number of hydrogen-bond acceptors (Lipinski definition) is 6. The molecule has 4 heterocycles. The van der Waals surface area contributed by atoms with Crippen LogP contribution in [0.1, 0.15) is 111 Å². The minimum atomic E-state index is -0.239. The van der Waals surface area contributed by atoms with Crippen molar-refractivity contribution in [2.75, 3.05) is 14.2 Å². The average molecular weight is 613 g/mol. The van der Waals surface area contributed by atoms with E-state index in [4.69, 9.17) is 19.5 Å². The highest BCUT2D eigenvalue weighted by atomic mass is 16.5. The molecule has 2 aliphatic heterocycles. The number of allylic oxidation sites excluding steroid dienone is 4. The van der Waals surface area contributed by atoms with E-state index < -0.39 is 0 Å². The van der Waals surface area contributed by atoms with Crippen molar-refractivity contribution in [1.29, 1.82) is 0 Å². The Morgan fingerprint density at radius 1 is 0.689 bits per heavy atom. The number of ether oxygens (including phenoxy) is 2. The summed E-state index contributed by atoms with van der Waals surface area (Å²) in [6.07, 6.45) is 14.2. The van der Waals surface area contributed by atoms with Gasteiger partial charge in [0.05, 0.1) is 25.6 Å². The second kappa shape index (κ2) is 15.2. The summed E-state index contributed by atoms with van der Waals surface area (Å²) >= 11 is 0. The molecule has 0 amide bonds. The molecule has 0 aliphatic carbocycles. The van der Waals surface area contributed by atoms with Gasteiger partial charge in [-0.15, -0.1) is 0 Å². The third-order valence-corrected chi connectivity index (χ3v) is 9.12. The van der Waals surface area contributed by atoms with Crippen LogP contribution in [0.2, 0.25) is 0 Å². The van der Waals surface area contributed by atoms with Crippen LogP contribution in [0, 0.1) is 13.8 Å². The highest BCUT2D eigenvalue weighted by molar-refractivity contribution is 5.89. The Balaban J connectivity index is 1.80. The Hall–Kier alpha value is -4.20. The van der Waals surface area contributed by atoms with Crippen LogP contribution in [0.5, 0.6) is 0 Å². The molecule has 0 unspecified atom stereocenters. The molecule has 2 N–H and O–H groups in total. The van der Waals surface area contributed by atoms with Gasteiger partial charge in [0.1, 0.15) is 0 Å². The highest BCUT2D eigenvalue weighted by Crippen LogP contribution is 2.33. The lowest BCUT2D eigenvalue weighted by atomic mass is 9.98. The van der Waals surface area contributed by atoms with E-state index >= 15 is 0 Å². The first-order valence-electron chi connectivity index (χ1n) is 16.2. The summed E-state index contributed by atoms with van der Waals surface area (Å²) in [5.41, 5.74) is 15.5. The first-order chi connectivity index (χ1) is 21.7. The van der Waals surface area contributed by atoms with E-state index in [1.165, 1.54) is 36.5 Å². The number of aromatic amines is 2. The number of esters is 2. The number of carbonyl (C=O) groups is 2.